The number of nitrogens with two attached hydrogens (primary N) is 1. The number of alkyl halides is 3. The van der Waals surface area contributed by atoms with E-state index >= 15 is 0 Å². The molecule has 2 rings (SSSR count). The summed E-state index contributed by atoms with van der Waals surface area (Å²) in [4.78, 5) is 28.5. The lowest BCUT2D eigenvalue weighted by molar-refractivity contribution is -0.143. The first kappa shape index (κ1) is 18.5. The molecule has 0 bridgehead atoms. The van der Waals surface area contributed by atoms with Crippen molar-refractivity contribution in [1.82, 2.24) is 9.24 Å². The molecule has 0 unspecified atom stereocenters. The SMILES string of the molecule is CON=Cc1cc(-n2c(=O)cc(C(F)(F)F)n(N)c2=O)c(F)cc1Cl. The fourth-order valence-electron chi connectivity index (χ4n) is 1.93. The van der Waals surface area contributed by atoms with E-state index in [-0.39, 0.29) is 25.9 Å². The van der Waals surface area contributed by atoms with Crippen LogP contribution < -0.4 is 17.1 Å². The number of aromatic nitrogens is 2. The molecule has 7 nitrogen and oxygen atoms in total. The third kappa shape index (κ3) is 3.50. The van der Waals surface area contributed by atoms with Gasteiger partial charge in [0.15, 0.2) is 5.69 Å². The van der Waals surface area contributed by atoms with E-state index in [0.717, 1.165) is 18.3 Å². The summed E-state index contributed by atoms with van der Waals surface area (Å²) in [6, 6.07) is 1.78. The van der Waals surface area contributed by atoms with Gasteiger partial charge in [-0.3, -0.25) is 4.79 Å². The van der Waals surface area contributed by atoms with Gasteiger partial charge >= 0.3 is 11.9 Å². The molecule has 0 aliphatic rings. The first-order valence-electron chi connectivity index (χ1n) is 6.35. The van der Waals surface area contributed by atoms with Gasteiger partial charge in [-0.2, -0.15) is 13.2 Å². The van der Waals surface area contributed by atoms with E-state index in [9.17, 15) is 27.2 Å². The second-order valence-electron chi connectivity index (χ2n) is 4.60. The largest absolute Gasteiger partial charge is 0.433 e. The van der Waals surface area contributed by atoms with Crippen molar-refractivity contribution in [3.8, 4) is 5.69 Å². The van der Waals surface area contributed by atoms with Gasteiger partial charge in [0, 0.05) is 11.6 Å². The number of nitrogen functional groups attached to an aromatic ring is 1. The Morgan fingerprint density at radius 2 is 1.92 bits per heavy atom. The second kappa shape index (κ2) is 6.59. The van der Waals surface area contributed by atoms with Crippen molar-refractivity contribution >= 4 is 17.8 Å². The predicted molar refractivity (Wildman–Crippen MR) is 81.0 cm³/mol. The summed E-state index contributed by atoms with van der Waals surface area (Å²) in [5.41, 5.74) is -5.28. The molecule has 0 radical (unpaired) electrons. The quantitative estimate of drug-likeness (QED) is 0.378. The van der Waals surface area contributed by atoms with E-state index in [2.05, 4.69) is 9.99 Å². The standard InChI is InChI=1S/C13H9ClF4N4O3/c1-25-20-5-6-2-9(8(15)3-7(6)14)21-11(23)4-10(13(16,17)18)22(19)12(21)24/h2-5H,19H2,1H3. The van der Waals surface area contributed by atoms with Crippen molar-refractivity contribution in [3.05, 3.63) is 61.1 Å². The highest BCUT2D eigenvalue weighted by molar-refractivity contribution is 6.33. The summed E-state index contributed by atoms with van der Waals surface area (Å²) < 4.78 is 52.3. The molecule has 0 fully saturated rings. The lowest BCUT2D eigenvalue weighted by Crippen LogP contribution is -2.45. The fraction of sp³-hybridized carbons (Fsp3) is 0.154. The van der Waals surface area contributed by atoms with Crippen LogP contribution in [-0.2, 0) is 11.0 Å². The molecule has 2 aromatic rings. The van der Waals surface area contributed by atoms with Crippen molar-refractivity contribution in [3.63, 3.8) is 0 Å². The van der Waals surface area contributed by atoms with Crippen LogP contribution in [0.15, 0.2) is 32.9 Å². The smallest absolute Gasteiger partial charge is 0.399 e. The van der Waals surface area contributed by atoms with E-state index in [1.165, 1.54) is 7.11 Å². The lowest BCUT2D eigenvalue weighted by atomic mass is 10.2. The number of nitrogens with zero attached hydrogens (tertiary/aromatic N) is 3. The minimum absolute atomic E-state index is 0.0506. The monoisotopic (exact) mass is 380 g/mol. The van der Waals surface area contributed by atoms with Crippen LogP contribution in [-0.4, -0.2) is 22.6 Å². The molecule has 0 saturated carbocycles. The number of rotatable bonds is 3. The number of hydrogen-bond donors (Lipinski definition) is 1. The average molecular weight is 381 g/mol. The Balaban J connectivity index is 2.80. The van der Waals surface area contributed by atoms with Crippen LogP contribution in [0.4, 0.5) is 17.6 Å². The van der Waals surface area contributed by atoms with Crippen LogP contribution >= 0.6 is 11.6 Å². The van der Waals surface area contributed by atoms with Gasteiger partial charge in [-0.1, -0.05) is 16.8 Å². The molecule has 25 heavy (non-hydrogen) atoms. The lowest BCUT2D eigenvalue weighted by Gasteiger charge is -2.14. The van der Waals surface area contributed by atoms with Crippen LogP contribution in [0.1, 0.15) is 11.3 Å². The second-order valence-corrected chi connectivity index (χ2v) is 5.00. The molecule has 0 amide bonds. The van der Waals surface area contributed by atoms with Crippen molar-refractivity contribution in [2.24, 2.45) is 5.16 Å². The fourth-order valence-corrected chi connectivity index (χ4v) is 2.13. The summed E-state index contributed by atoms with van der Waals surface area (Å²) in [7, 11) is 1.22. The summed E-state index contributed by atoms with van der Waals surface area (Å²) in [5, 5.41) is 3.27. The van der Waals surface area contributed by atoms with Crippen molar-refractivity contribution in [2.45, 2.75) is 6.18 Å². The zero-order valence-corrected chi connectivity index (χ0v) is 13.1. The number of hydrogen-bond acceptors (Lipinski definition) is 5. The third-order valence-corrected chi connectivity index (χ3v) is 3.36. The maximum atomic E-state index is 14.1. The van der Waals surface area contributed by atoms with Crippen molar-refractivity contribution < 1.29 is 22.4 Å². The Hall–Kier alpha value is -2.82. The molecule has 0 spiro atoms. The average Bonchev–Trinajstić information content (AvgIpc) is 2.50. The van der Waals surface area contributed by atoms with E-state index in [4.69, 9.17) is 17.4 Å². The van der Waals surface area contributed by atoms with Crippen molar-refractivity contribution in [2.75, 3.05) is 13.0 Å². The molecule has 0 saturated heterocycles. The number of halogens is 5. The maximum Gasteiger partial charge on any atom is 0.433 e. The number of benzene rings is 1. The molecule has 0 aliphatic heterocycles. The Kier molecular flexibility index (Phi) is 4.88. The highest BCUT2D eigenvalue weighted by Crippen LogP contribution is 2.27. The topological polar surface area (TPSA) is 91.6 Å². The van der Waals surface area contributed by atoms with Crippen LogP contribution in [0, 0.1) is 5.82 Å². The zero-order chi connectivity index (χ0) is 18.9. The first-order valence-corrected chi connectivity index (χ1v) is 6.73. The zero-order valence-electron chi connectivity index (χ0n) is 12.3. The van der Waals surface area contributed by atoms with Gasteiger partial charge in [0.1, 0.15) is 12.9 Å². The Bertz CT molecular complexity index is 965. The third-order valence-electron chi connectivity index (χ3n) is 3.03. The molecule has 134 valence electrons. The highest BCUT2D eigenvalue weighted by Gasteiger charge is 2.36. The maximum absolute atomic E-state index is 14.1. The predicted octanol–water partition coefficient (Wildman–Crippen LogP) is 1.50. The number of oxime groups is 1. The van der Waals surface area contributed by atoms with Crippen LogP contribution in [0.5, 0.6) is 0 Å². The van der Waals surface area contributed by atoms with E-state index in [1.807, 2.05) is 0 Å². The highest BCUT2D eigenvalue weighted by atomic mass is 35.5. The van der Waals surface area contributed by atoms with Gasteiger partial charge in [0.2, 0.25) is 0 Å². The molecule has 1 aromatic carbocycles. The van der Waals surface area contributed by atoms with Crippen LogP contribution in [0.2, 0.25) is 5.02 Å². The molecule has 12 heteroatoms. The minimum atomic E-state index is -5.04. The van der Waals surface area contributed by atoms with E-state index < -0.39 is 34.6 Å². The molecular weight excluding hydrogens is 372 g/mol. The van der Waals surface area contributed by atoms with E-state index in [1.54, 1.807) is 0 Å². The Morgan fingerprint density at radius 1 is 1.28 bits per heavy atom. The van der Waals surface area contributed by atoms with Gasteiger partial charge in [-0.05, 0) is 12.1 Å². The normalized spacial score (nSPS) is 11.9. The van der Waals surface area contributed by atoms with E-state index in [0.29, 0.717) is 0 Å². The molecule has 0 atom stereocenters. The van der Waals surface area contributed by atoms with Gasteiger partial charge < -0.3 is 10.7 Å². The van der Waals surface area contributed by atoms with Gasteiger partial charge in [-0.25, -0.2) is 18.4 Å². The Labute approximate surface area is 141 Å². The minimum Gasteiger partial charge on any atom is -0.399 e. The summed E-state index contributed by atoms with van der Waals surface area (Å²) in [6.45, 7) is 0. The van der Waals surface area contributed by atoms with Crippen LogP contribution in [0.3, 0.4) is 0 Å². The summed E-state index contributed by atoms with van der Waals surface area (Å²) in [6.07, 6.45) is -3.98. The molecule has 2 N–H and O–H groups in total. The van der Waals surface area contributed by atoms with Crippen molar-refractivity contribution in [1.29, 1.82) is 0 Å². The Morgan fingerprint density at radius 3 is 2.48 bits per heavy atom. The van der Waals surface area contributed by atoms with Crippen LogP contribution in [0.25, 0.3) is 5.69 Å². The molecular formula is C13H9ClF4N4O3. The first-order chi connectivity index (χ1) is 11.6. The molecule has 0 aliphatic carbocycles. The summed E-state index contributed by atoms with van der Waals surface area (Å²) in [5.74, 6) is 3.98. The van der Waals surface area contributed by atoms with Gasteiger partial charge in [0.05, 0.1) is 16.9 Å². The summed E-state index contributed by atoms with van der Waals surface area (Å²) >= 11 is 5.79. The molecule has 1 aromatic heterocycles. The van der Waals surface area contributed by atoms with Gasteiger partial charge in [0.25, 0.3) is 5.56 Å². The molecule has 1 heterocycles. The van der Waals surface area contributed by atoms with Gasteiger partial charge in [-0.15, -0.1) is 0 Å².